The van der Waals surface area contributed by atoms with Gasteiger partial charge in [0.2, 0.25) is 0 Å². The maximum atomic E-state index is 11.1. The van der Waals surface area contributed by atoms with Gasteiger partial charge in [0.1, 0.15) is 5.52 Å². The van der Waals surface area contributed by atoms with Gasteiger partial charge >= 0.3 is 0 Å². The molecule has 0 aliphatic carbocycles. The number of nitrogen functional groups attached to an aromatic ring is 1. The summed E-state index contributed by atoms with van der Waals surface area (Å²) in [6, 6.07) is 5.45. The highest BCUT2D eigenvalue weighted by atomic mass is 32.2. The normalized spacial score (nSPS) is 12.0. The predicted octanol–water partition coefficient (Wildman–Crippen LogP) is 1.90. The smallest absolute Gasteiger partial charge is 0.195 e. The first kappa shape index (κ1) is 8.34. The first-order valence-corrected chi connectivity index (χ1v) is 5.17. The van der Waals surface area contributed by atoms with Gasteiger partial charge in [0.15, 0.2) is 22.0 Å². The van der Waals surface area contributed by atoms with Crippen LogP contribution in [0.5, 0.6) is 0 Å². The lowest BCUT2D eigenvalue weighted by Crippen LogP contribution is -1.89. The Kier molecular flexibility index (Phi) is 1.86. The van der Waals surface area contributed by atoms with E-state index in [1.54, 1.807) is 13.0 Å². The molecule has 0 saturated heterocycles. The summed E-state index contributed by atoms with van der Waals surface area (Å²) < 4.78 is 4.19. The van der Waals surface area contributed by atoms with Crippen molar-refractivity contribution in [2.45, 2.75) is 6.92 Å². The second kappa shape index (κ2) is 2.90. The lowest BCUT2D eigenvalue weighted by molar-refractivity contribution is 0.101. The highest BCUT2D eigenvalue weighted by Crippen LogP contribution is 2.20. The Labute approximate surface area is 78.4 Å². The molecule has 0 fully saturated rings. The lowest BCUT2D eigenvalue weighted by atomic mass is 10.1. The summed E-state index contributed by atoms with van der Waals surface area (Å²) in [4.78, 5) is 11.1. The third-order valence-electron chi connectivity index (χ3n) is 1.89. The van der Waals surface area contributed by atoms with Crippen LogP contribution < -0.4 is 5.14 Å². The maximum absolute atomic E-state index is 11.1. The zero-order valence-electron chi connectivity index (χ0n) is 7.15. The van der Waals surface area contributed by atoms with Crippen LogP contribution in [0, 0.1) is 0 Å². The van der Waals surface area contributed by atoms with Crippen LogP contribution >= 0.6 is 10.9 Å². The Morgan fingerprint density at radius 2 is 2.31 bits per heavy atom. The molecule has 1 unspecified atom stereocenters. The summed E-state index contributed by atoms with van der Waals surface area (Å²) in [5, 5.41) is 8.48. The molecule has 1 aromatic heterocycles. The van der Waals surface area contributed by atoms with Gasteiger partial charge in [-0.2, -0.15) is 0 Å². The molecule has 2 aromatic rings. The van der Waals surface area contributed by atoms with Crippen LogP contribution in [0.4, 0.5) is 0 Å². The van der Waals surface area contributed by atoms with E-state index in [1.807, 2.05) is 17.5 Å². The fourth-order valence-electron chi connectivity index (χ4n) is 1.22. The first-order chi connectivity index (χ1) is 6.16. The van der Waals surface area contributed by atoms with E-state index in [9.17, 15) is 4.79 Å². The summed E-state index contributed by atoms with van der Waals surface area (Å²) in [7, 11) is -0.502. The van der Waals surface area contributed by atoms with Gasteiger partial charge < -0.3 is 0 Å². The SMILES string of the molecule is CC(=O)c1ccc2n[s+](N)cc2c1. The lowest BCUT2D eigenvalue weighted by Gasteiger charge is -1.91. The van der Waals surface area contributed by atoms with Crippen molar-refractivity contribution in [3.8, 4) is 0 Å². The van der Waals surface area contributed by atoms with Crippen molar-refractivity contribution < 1.29 is 4.79 Å². The van der Waals surface area contributed by atoms with Crippen LogP contribution in [0.15, 0.2) is 23.6 Å². The summed E-state index contributed by atoms with van der Waals surface area (Å²) in [5.74, 6) is 0.0694. The van der Waals surface area contributed by atoms with Gasteiger partial charge in [-0.3, -0.25) is 4.79 Å². The minimum Gasteiger partial charge on any atom is -0.295 e. The quantitative estimate of drug-likeness (QED) is 0.556. The fourth-order valence-corrected chi connectivity index (χ4v) is 2.12. The van der Waals surface area contributed by atoms with E-state index in [4.69, 9.17) is 5.14 Å². The van der Waals surface area contributed by atoms with Gasteiger partial charge in [0, 0.05) is 5.56 Å². The number of rotatable bonds is 1. The molecule has 2 rings (SSSR count). The molecule has 3 nitrogen and oxygen atoms in total. The van der Waals surface area contributed by atoms with E-state index in [1.165, 1.54) is 0 Å². The van der Waals surface area contributed by atoms with Crippen LogP contribution in [-0.2, 0) is 0 Å². The number of hydrogen-bond acceptors (Lipinski definition) is 3. The molecule has 66 valence electrons. The Morgan fingerprint density at radius 1 is 1.54 bits per heavy atom. The second-order valence-corrected chi connectivity index (χ2v) is 4.00. The van der Waals surface area contributed by atoms with E-state index in [0.717, 1.165) is 10.9 Å². The number of ketones is 1. The topological polar surface area (TPSA) is 56.0 Å². The number of benzene rings is 1. The van der Waals surface area contributed by atoms with Crippen molar-refractivity contribution in [2.75, 3.05) is 5.14 Å². The molecule has 2 N–H and O–H groups in total. The molecule has 1 atom stereocenters. The summed E-state index contributed by atoms with van der Waals surface area (Å²) in [6.45, 7) is 1.55. The zero-order chi connectivity index (χ0) is 9.42. The van der Waals surface area contributed by atoms with Gasteiger partial charge in [-0.1, -0.05) is 0 Å². The standard InChI is InChI=1S/C9H8N2OS/c1-6(12)7-2-3-9-8(4-7)5-13(10)11-9/h2-5,10H,1H3/p+1. The molecule has 0 radical (unpaired) electrons. The molecule has 0 amide bonds. The Balaban J connectivity index is 2.67. The van der Waals surface area contributed by atoms with Gasteiger partial charge in [0.25, 0.3) is 0 Å². The molecule has 0 aliphatic heterocycles. The number of nitrogens with zero attached hydrogens (tertiary/aromatic N) is 1. The molecule has 0 bridgehead atoms. The van der Waals surface area contributed by atoms with Crippen LogP contribution in [0.2, 0.25) is 0 Å². The number of carbonyl (C=O) groups is 1. The second-order valence-electron chi connectivity index (χ2n) is 2.89. The highest BCUT2D eigenvalue weighted by molar-refractivity contribution is 7.25. The van der Waals surface area contributed by atoms with Gasteiger partial charge in [-0.15, -0.1) is 5.14 Å². The Hall–Kier alpha value is -1.26. The molecule has 0 saturated carbocycles. The molecular formula is C9H9N2OS+. The zero-order valence-corrected chi connectivity index (χ0v) is 7.97. The van der Waals surface area contributed by atoms with Crippen LogP contribution in [-0.4, -0.2) is 10.2 Å². The summed E-state index contributed by atoms with van der Waals surface area (Å²) in [6.07, 6.45) is 0. The van der Waals surface area contributed by atoms with E-state index >= 15 is 0 Å². The average molecular weight is 193 g/mol. The Morgan fingerprint density at radius 3 is 3.00 bits per heavy atom. The van der Waals surface area contributed by atoms with Crippen LogP contribution in [0.1, 0.15) is 17.3 Å². The van der Waals surface area contributed by atoms with E-state index in [2.05, 4.69) is 4.37 Å². The van der Waals surface area contributed by atoms with Crippen molar-refractivity contribution in [3.05, 3.63) is 29.1 Å². The number of nitrogens with two attached hydrogens (primary N) is 1. The molecular weight excluding hydrogens is 184 g/mol. The first-order valence-electron chi connectivity index (χ1n) is 3.86. The summed E-state index contributed by atoms with van der Waals surface area (Å²) >= 11 is 0. The molecule has 1 heterocycles. The molecule has 0 aliphatic rings. The third-order valence-corrected chi connectivity index (χ3v) is 2.79. The van der Waals surface area contributed by atoms with E-state index in [-0.39, 0.29) is 5.78 Å². The van der Waals surface area contributed by atoms with Crippen molar-refractivity contribution >= 4 is 27.5 Å². The predicted molar refractivity (Wildman–Crippen MR) is 54.4 cm³/mol. The maximum Gasteiger partial charge on any atom is 0.195 e. The number of fused-ring (bicyclic) bond motifs is 1. The number of aromatic nitrogens is 1. The van der Waals surface area contributed by atoms with Crippen molar-refractivity contribution in [3.63, 3.8) is 0 Å². The van der Waals surface area contributed by atoms with E-state index in [0.29, 0.717) is 5.56 Å². The average Bonchev–Trinajstić information content (AvgIpc) is 2.42. The van der Waals surface area contributed by atoms with Crippen molar-refractivity contribution in [1.82, 2.24) is 4.37 Å². The number of carbonyl (C=O) groups excluding carboxylic acids is 1. The highest BCUT2D eigenvalue weighted by Gasteiger charge is 2.09. The monoisotopic (exact) mass is 193 g/mol. The van der Waals surface area contributed by atoms with Gasteiger partial charge in [-0.25, -0.2) is 0 Å². The molecule has 1 aromatic carbocycles. The van der Waals surface area contributed by atoms with E-state index < -0.39 is 10.9 Å². The fraction of sp³-hybridized carbons (Fsp3) is 0.111. The number of Topliss-reactive ketones (excluding diaryl/α,β-unsaturated/α-hetero) is 1. The van der Waals surface area contributed by atoms with Gasteiger partial charge in [0.05, 0.1) is 5.39 Å². The summed E-state index contributed by atoms with van der Waals surface area (Å²) in [5.41, 5.74) is 1.60. The third kappa shape index (κ3) is 1.46. The Bertz CT molecular complexity index is 475. The van der Waals surface area contributed by atoms with Crippen LogP contribution in [0.25, 0.3) is 10.9 Å². The van der Waals surface area contributed by atoms with Crippen molar-refractivity contribution in [1.29, 1.82) is 0 Å². The minimum absolute atomic E-state index is 0.0694. The van der Waals surface area contributed by atoms with Crippen molar-refractivity contribution in [2.24, 2.45) is 0 Å². The molecule has 0 spiro atoms. The minimum atomic E-state index is -0.502. The van der Waals surface area contributed by atoms with Crippen LogP contribution in [0.3, 0.4) is 0 Å². The number of hydrogen-bond donors (Lipinski definition) is 1. The largest absolute Gasteiger partial charge is 0.295 e. The molecule has 13 heavy (non-hydrogen) atoms. The van der Waals surface area contributed by atoms with Gasteiger partial charge in [-0.05, 0) is 29.5 Å². The molecule has 4 heteroatoms.